The van der Waals surface area contributed by atoms with E-state index in [-0.39, 0.29) is 5.69 Å². The summed E-state index contributed by atoms with van der Waals surface area (Å²) < 4.78 is 11.5. The average molecular weight is 335 g/mol. The second-order valence-electron chi connectivity index (χ2n) is 5.55. The van der Waals surface area contributed by atoms with Gasteiger partial charge in [0.05, 0.1) is 4.92 Å². The van der Waals surface area contributed by atoms with Crippen molar-refractivity contribution < 1.29 is 14.4 Å². The highest BCUT2D eigenvalue weighted by Gasteiger charge is 2.11. The lowest BCUT2D eigenvalue weighted by atomic mass is 10.2. The molecule has 0 radical (unpaired) electrons. The van der Waals surface area contributed by atoms with E-state index in [1.807, 2.05) is 42.5 Å². The predicted octanol–water partition coefficient (Wildman–Crippen LogP) is 5.27. The van der Waals surface area contributed by atoms with Crippen molar-refractivity contribution in [1.29, 1.82) is 0 Å². The zero-order valence-electron chi connectivity index (χ0n) is 13.7. The van der Waals surface area contributed by atoms with Gasteiger partial charge in [-0.25, -0.2) is 0 Å². The molecule has 0 N–H and O–H groups in total. The van der Waals surface area contributed by atoms with Gasteiger partial charge in [-0.15, -0.1) is 0 Å². The normalized spacial score (nSPS) is 10.3. The molecule has 0 spiro atoms. The fourth-order valence-electron chi connectivity index (χ4n) is 2.38. The third kappa shape index (κ3) is 4.35. The predicted molar refractivity (Wildman–Crippen MR) is 95.1 cm³/mol. The highest BCUT2D eigenvalue weighted by Crippen LogP contribution is 2.28. The molecule has 0 saturated heterocycles. The number of ether oxygens (including phenoxy) is 2. The molecule has 5 heteroatoms. The quantitative estimate of drug-likeness (QED) is 0.454. The Morgan fingerprint density at radius 1 is 0.880 bits per heavy atom. The number of aryl methyl sites for hydroxylation is 1. The minimum atomic E-state index is -0.405. The van der Waals surface area contributed by atoms with Crippen LogP contribution in [0.25, 0.3) is 0 Å². The Hall–Kier alpha value is -3.34. The van der Waals surface area contributed by atoms with Gasteiger partial charge in [-0.05, 0) is 48.9 Å². The van der Waals surface area contributed by atoms with E-state index < -0.39 is 4.92 Å². The van der Waals surface area contributed by atoms with Crippen LogP contribution >= 0.6 is 0 Å². The van der Waals surface area contributed by atoms with Crippen molar-refractivity contribution >= 4 is 5.69 Å². The lowest BCUT2D eigenvalue weighted by Crippen LogP contribution is -1.95. The molecule has 3 aromatic rings. The van der Waals surface area contributed by atoms with Crippen molar-refractivity contribution in [2.24, 2.45) is 0 Å². The van der Waals surface area contributed by atoms with E-state index in [2.05, 4.69) is 0 Å². The Bertz CT molecular complexity index is 861. The highest BCUT2D eigenvalue weighted by atomic mass is 16.6. The molecule has 25 heavy (non-hydrogen) atoms. The van der Waals surface area contributed by atoms with E-state index in [9.17, 15) is 10.1 Å². The third-order valence-electron chi connectivity index (χ3n) is 3.67. The van der Waals surface area contributed by atoms with Crippen LogP contribution in [0.15, 0.2) is 72.8 Å². The van der Waals surface area contributed by atoms with Crippen LogP contribution in [0.2, 0.25) is 0 Å². The summed E-state index contributed by atoms with van der Waals surface area (Å²) in [5, 5.41) is 10.8. The number of hydrogen-bond donors (Lipinski definition) is 0. The van der Waals surface area contributed by atoms with E-state index in [0.717, 1.165) is 11.3 Å². The number of nitro groups is 1. The summed E-state index contributed by atoms with van der Waals surface area (Å²) in [4.78, 5) is 10.4. The second kappa shape index (κ2) is 7.49. The molecule has 0 unspecified atom stereocenters. The number of nitrogens with zero attached hydrogens (tertiary/aromatic N) is 1. The number of rotatable bonds is 6. The first-order valence-electron chi connectivity index (χ1n) is 7.81. The van der Waals surface area contributed by atoms with Crippen molar-refractivity contribution in [3.8, 4) is 17.2 Å². The van der Waals surface area contributed by atoms with E-state index in [0.29, 0.717) is 23.7 Å². The standard InChI is InChI=1S/C20H17NO4/c1-15-13-19(11-12-20(15)21(22)23)25-18-9-7-17(8-10-18)24-14-16-5-3-2-4-6-16/h2-13H,14H2,1H3. The molecule has 0 aliphatic heterocycles. The number of benzene rings is 3. The average Bonchev–Trinajstić information content (AvgIpc) is 2.62. The third-order valence-corrected chi connectivity index (χ3v) is 3.67. The molecule has 0 aliphatic carbocycles. The fourth-order valence-corrected chi connectivity index (χ4v) is 2.38. The zero-order chi connectivity index (χ0) is 17.6. The van der Waals surface area contributed by atoms with Gasteiger partial charge in [0.15, 0.2) is 0 Å². The lowest BCUT2D eigenvalue weighted by molar-refractivity contribution is -0.385. The van der Waals surface area contributed by atoms with Crippen LogP contribution in [-0.2, 0) is 6.61 Å². The van der Waals surface area contributed by atoms with Crippen LogP contribution < -0.4 is 9.47 Å². The zero-order valence-corrected chi connectivity index (χ0v) is 13.7. The molecule has 126 valence electrons. The molecule has 0 aliphatic rings. The Morgan fingerprint density at radius 3 is 2.16 bits per heavy atom. The molecule has 0 atom stereocenters. The first-order chi connectivity index (χ1) is 12.1. The summed E-state index contributed by atoms with van der Waals surface area (Å²) in [6.45, 7) is 2.19. The summed E-state index contributed by atoms with van der Waals surface area (Å²) in [7, 11) is 0. The largest absolute Gasteiger partial charge is 0.489 e. The van der Waals surface area contributed by atoms with Crippen molar-refractivity contribution in [2.75, 3.05) is 0 Å². The molecule has 5 nitrogen and oxygen atoms in total. The van der Waals surface area contributed by atoms with Crippen LogP contribution in [0.1, 0.15) is 11.1 Å². The topological polar surface area (TPSA) is 61.6 Å². The number of nitro benzene ring substituents is 1. The molecule has 0 aromatic heterocycles. The van der Waals surface area contributed by atoms with E-state index in [1.165, 1.54) is 6.07 Å². The monoisotopic (exact) mass is 335 g/mol. The summed E-state index contributed by atoms with van der Waals surface area (Å²) >= 11 is 0. The molecule has 3 rings (SSSR count). The van der Waals surface area contributed by atoms with Gasteiger partial charge in [-0.3, -0.25) is 10.1 Å². The Balaban J connectivity index is 1.62. The van der Waals surface area contributed by atoms with Gasteiger partial charge >= 0.3 is 0 Å². The van der Waals surface area contributed by atoms with Gasteiger partial charge in [0.25, 0.3) is 5.69 Å². The van der Waals surface area contributed by atoms with Gasteiger partial charge in [0.2, 0.25) is 0 Å². The van der Waals surface area contributed by atoms with Gasteiger partial charge in [0.1, 0.15) is 23.9 Å². The molecular weight excluding hydrogens is 318 g/mol. The smallest absolute Gasteiger partial charge is 0.272 e. The molecular formula is C20H17NO4. The fraction of sp³-hybridized carbons (Fsp3) is 0.100. The lowest BCUT2D eigenvalue weighted by Gasteiger charge is -2.09. The first kappa shape index (κ1) is 16.5. The minimum Gasteiger partial charge on any atom is -0.489 e. The first-order valence-corrected chi connectivity index (χ1v) is 7.81. The van der Waals surface area contributed by atoms with Crippen molar-refractivity contribution in [1.82, 2.24) is 0 Å². The summed E-state index contributed by atoms with van der Waals surface area (Å²) in [5.74, 6) is 1.94. The van der Waals surface area contributed by atoms with Crippen LogP contribution in [0.3, 0.4) is 0 Å². The summed E-state index contributed by atoms with van der Waals surface area (Å²) in [5.41, 5.74) is 1.74. The SMILES string of the molecule is Cc1cc(Oc2ccc(OCc3ccccc3)cc2)ccc1[N+](=O)[O-]. The summed E-state index contributed by atoms with van der Waals surface area (Å²) in [6, 6.07) is 21.9. The van der Waals surface area contributed by atoms with Gasteiger partial charge in [-0.2, -0.15) is 0 Å². The maximum absolute atomic E-state index is 10.8. The highest BCUT2D eigenvalue weighted by molar-refractivity contribution is 5.45. The molecule has 0 bridgehead atoms. The van der Waals surface area contributed by atoms with Crippen LogP contribution in [0, 0.1) is 17.0 Å². The Morgan fingerprint density at radius 2 is 1.52 bits per heavy atom. The second-order valence-corrected chi connectivity index (χ2v) is 5.55. The van der Waals surface area contributed by atoms with Gasteiger partial charge in [0, 0.05) is 11.6 Å². The van der Waals surface area contributed by atoms with Crippen LogP contribution in [0.4, 0.5) is 5.69 Å². The molecule has 0 heterocycles. The minimum absolute atomic E-state index is 0.0806. The van der Waals surface area contributed by atoms with E-state index in [1.54, 1.807) is 31.2 Å². The maximum atomic E-state index is 10.8. The van der Waals surface area contributed by atoms with Gasteiger partial charge in [-0.1, -0.05) is 30.3 Å². The molecule has 0 amide bonds. The maximum Gasteiger partial charge on any atom is 0.272 e. The summed E-state index contributed by atoms with van der Waals surface area (Å²) in [6.07, 6.45) is 0. The molecule has 0 saturated carbocycles. The van der Waals surface area contributed by atoms with E-state index in [4.69, 9.17) is 9.47 Å². The van der Waals surface area contributed by atoms with Crippen molar-refractivity contribution in [3.63, 3.8) is 0 Å². The Kier molecular flexibility index (Phi) is 4.95. The van der Waals surface area contributed by atoms with E-state index >= 15 is 0 Å². The van der Waals surface area contributed by atoms with Crippen LogP contribution in [-0.4, -0.2) is 4.92 Å². The molecule has 3 aromatic carbocycles. The van der Waals surface area contributed by atoms with Crippen molar-refractivity contribution in [2.45, 2.75) is 13.5 Å². The number of hydrogen-bond acceptors (Lipinski definition) is 4. The van der Waals surface area contributed by atoms with Crippen molar-refractivity contribution in [3.05, 3.63) is 94.0 Å². The van der Waals surface area contributed by atoms with Crippen LogP contribution in [0.5, 0.6) is 17.2 Å². The van der Waals surface area contributed by atoms with Gasteiger partial charge < -0.3 is 9.47 Å². The Labute approximate surface area is 145 Å². The molecule has 0 fully saturated rings.